The number of hydrogen-bond acceptors (Lipinski definition) is 6. The molecule has 3 saturated heterocycles. The lowest BCUT2D eigenvalue weighted by atomic mass is 10.1. The summed E-state index contributed by atoms with van der Waals surface area (Å²) in [5.41, 5.74) is 3.93. The molecule has 158 valence electrons. The van der Waals surface area contributed by atoms with Gasteiger partial charge >= 0.3 is 6.09 Å². The number of hydrogen-bond donors (Lipinski definition) is 1. The van der Waals surface area contributed by atoms with Crippen LogP contribution in [-0.4, -0.2) is 77.5 Å². The third-order valence-electron chi connectivity index (χ3n) is 6.13. The van der Waals surface area contributed by atoms with E-state index < -0.39 is 12.3 Å². The molecule has 0 aromatic heterocycles. The van der Waals surface area contributed by atoms with Crippen LogP contribution in [0.4, 0.5) is 10.5 Å². The average Bonchev–Trinajstić information content (AvgIpc) is 3.36. The van der Waals surface area contributed by atoms with Crippen LogP contribution in [-0.2, 0) is 16.2 Å². The van der Waals surface area contributed by atoms with Crippen molar-refractivity contribution in [2.75, 3.05) is 44.2 Å². The minimum Gasteiger partial charge on any atom is -0.372 e. The van der Waals surface area contributed by atoms with Crippen molar-refractivity contribution < 1.29 is 19.5 Å². The Labute approximate surface area is 171 Å². The van der Waals surface area contributed by atoms with Crippen LogP contribution >= 0.6 is 0 Å². The fourth-order valence-corrected chi connectivity index (χ4v) is 4.26. The van der Waals surface area contributed by atoms with Crippen molar-refractivity contribution in [1.29, 1.82) is 0 Å². The van der Waals surface area contributed by atoms with Crippen molar-refractivity contribution in [3.63, 3.8) is 0 Å². The summed E-state index contributed by atoms with van der Waals surface area (Å²) in [4.78, 5) is 35.4. The second-order valence-corrected chi connectivity index (χ2v) is 8.16. The van der Waals surface area contributed by atoms with Crippen molar-refractivity contribution in [2.45, 2.75) is 45.4 Å². The molecule has 0 aliphatic carbocycles. The number of hydroxylamine groups is 2. The normalized spacial score (nSPS) is 23.2. The number of aliphatic hydroxyl groups is 1. The van der Waals surface area contributed by atoms with Gasteiger partial charge in [-0.1, -0.05) is 6.07 Å². The number of benzene rings is 1. The van der Waals surface area contributed by atoms with Gasteiger partial charge in [0.05, 0.1) is 0 Å². The first-order chi connectivity index (χ1) is 14.0. The van der Waals surface area contributed by atoms with Crippen LogP contribution in [0.25, 0.3) is 0 Å². The van der Waals surface area contributed by atoms with E-state index >= 15 is 0 Å². The fraction of sp³-hybridized carbons (Fsp3) is 0.619. The number of carbonyl (C=O) groups excluding carboxylic acids is 2. The molecule has 1 aromatic carbocycles. The van der Waals surface area contributed by atoms with Crippen molar-refractivity contribution in [2.24, 2.45) is 0 Å². The van der Waals surface area contributed by atoms with Gasteiger partial charge in [0.15, 0.2) is 6.23 Å². The largest absolute Gasteiger partial charge is 0.434 e. The number of nitrogens with zero attached hydrogens (tertiary/aromatic N) is 4. The molecule has 1 atom stereocenters. The van der Waals surface area contributed by atoms with Gasteiger partial charge in [0.2, 0.25) is 0 Å². The molecule has 0 radical (unpaired) electrons. The third kappa shape index (κ3) is 4.48. The number of piperazine rings is 1. The summed E-state index contributed by atoms with van der Waals surface area (Å²) in [5.74, 6) is -0.350. The molecular weight excluding hydrogens is 372 g/mol. The van der Waals surface area contributed by atoms with E-state index in [1.54, 1.807) is 4.90 Å². The minimum atomic E-state index is -1.03. The maximum absolute atomic E-state index is 12.3. The van der Waals surface area contributed by atoms with E-state index in [2.05, 4.69) is 34.9 Å². The summed E-state index contributed by atoms with van der Waals surface area (Å²) in [7, 11) is 0. The summed E-state index contributed by atoms with van der Waals surface area (Å²) in [5, 5.41) is 10.5. The Morgan fingerprint density at radius 1 is 1.14 bits per heavy atom. The van der Waals surface area contributed by atoms with Crippen molar-refractivity contribution in [1.82, 2.24) is 14.9 Å². The average molecular weight is 402 g/mol. The third-order valence-corrected chi connectivity index (χ3v) is 6.13. The quantitative estimate of drug-likeness (QED) is 0.826. The highest BCUT2D eigenvalue weighted by Gasteiger charge is 2.34. The second-order valence-electron chi connectivity index (χ2n) is 8.16. The molecular formula is C21H30N4O4. The number of amides is 2. The van der Waals surface area contributed by atoms with Gasteiger partial charge in [0.25, 0.3) is 5.91 Å². The number of aryl methyl sites for hydroxylation is 1. The topological polar surface area (TPSA) is 76.6 Å². The van der Waals surface area contributed by atoms with Gasteiger partial charge in [-0.15, -0.1) is 5.06 Å². The molecule has 3 fully saturated rings. The Hall–Kier alpha value is -2.32. The standard InChI is InChI=1S/C21H30N4O4/c1-16-14-18(23-8-2-3-9-23)5-4-17(16)15-22-10-12-24(13-11-22)21(28)29-25-19(26)6-7-20(25)27/h4-5,14,19,26H,2-3,6-13,15H2,1H3. The molecule has 3 aliphatic rings. The number of aliphatic hydroxyl groups excluding tert-OH is 1. The predicted molar refractivity (Wildman–Crippen MR) is 108 cm³/mol. The molecule has 0 bridgehead atoms. The van der Waals surface area contributed by atoms with Gasteiger partial charge in [-0.05, 0) is 43.0 Å². The lowest BCUT2D eigenvalue weighted by molar-refractivity contribution is -0.194. The Balaban J connectivity index is 1.27. The summed E-state index contributed by atoms with van der Waals surface area (Å²) in [6.07, 6.45) is 1.47. The minimum absolute atomic E-state index is 0.206. The maximum atomic E-state index is 12.3. The van der Waals surface area contributed by atoms with E-state index in [-0.39, 0.29) is 12.3 Å². The molecule has 1 N–H and O–H groups in total. The molecule has 1 aromatic rings. The zero-order chi connectivity index (χ0) is 20.4. The zero-order valence-corrected chi connectivity index (χ0v) is 17.0. The molecule has 1 unspecified atom stereocenters. The van der Waals surface area contributed by atoms with Crippen molar-refractivity contribution >= 4 is 17.7 Å². The molecule has 0 saturated carbocycles. The highest BCUT2D eigenvalue weighted by atomic mass is 16.7. The molecule has 8 heteroatoms. The first-order valence-corrected chi connectivity index (χ1v) is 10.5. The molecule has 29 heavy (non-hydrogen) atoms. The van der Waals surface area contributed by atoms with E-state index in [1.165, 1.54) is 29.7 Å². The van der Waals surface area contributed by atoms with Crippen LogP contribution in [0.2, 0.25) is 0 Å². The smallest absolute Gasteiger partial charge is 0.372 e. The van der Waals surface area contributed by atoms with Gasteiger partial charge in [0.1, 0.15) is 0 Å². The maximum Gasteiger partial charge on any atom is 0.434 e. The van der Waals surface area contributed by atoms with E-state index in [0.717, 1.165) is 37.8 Å². The Bertz CT molecular complexity index is 757. The Kier molecular flexibility index (Phi) is 5.91. The van der Waals surface area contributed by atoms with E-state index in [9.17, 15) is 14.7 Å². The van der Waals surface area contributed by atoms with Crippen LogP contribution in [0, 0.1) is 6.92 Å². The van der Waals surface area contributed by atoms with Crippen LogP contribution in [0.5, 0.6) is 0 Å². The van der Waals surface area contributed by atoms with Crippen LogP contribution in [0.3, 0.4) is 0 Å². The summed E-state index contributed by atoms with van der Waals surface area (Å²) < 4.78 is 0. The van der Waals surface area contributed by atoms with Crippen LogP contribution < -0.4 is 4.90 Å². The number of anilines is 1. The van der Waals surface area contributed by atoms with Gasteiger partial charge in [-0.25, -0.2) is 4.79 Å². The first-order valence-electron chi connectivity index (χ1n) is 10.5. The zero-order valence-electron chi connectivity index (χ0n) is 17.0. The molecule has 0 spiro atoms. The molecule has 4 rings (SSSR count). The summed E-state index contributed by atoms with van der Waals surface area (Å²) >= 11 is 0. The number of carbonyl (C=O) groups is 2. The van der Waals surface area contributed by atoms with Crippen molar-refractivity contribution in [3.05, 3.63) is 29.3 Å². The van der Waals surface area contributed by atoms with Gasteiger partial charge in [-0.3, -0.25) is 9.69 Å². The van der Waals surface area contributed by atoms with Gasteiger partial charge < -0.3 is 19.7 Å². The highest BCUT2D eigenvalue weighted by Crippen LogP contribution is 2.24. The Morgan fingerprint density at radius 3 is 2.48 bits per heavy atom. The second kappa shape index (κ2) is 8.59. The lowest BCUT2D eigenvalue weighted by Crippen LogP contribution is -2.50. The monoisotopic (exact) mass is 402 g/mol. The lowest BCUT2D eigenvalue weighted by Gasteiger charge is -2.35. The highest BCUT2D eigenvalue weighted by molar-refractivity contribution is 5.79. The summed E-state index contributed by atoms with van der Waals surface area (Å²) in [6, 6.07) is 6.73. The van der Waals surface area contributed by atoms with Crippen molar-refractivity contribution in [3.8, 4) is 0 Å². The number of rotatable bonds is 4. The molecule has 3 heterocycles. The van der Waals surface area contributed by atoms with Gasteiger partial charge in [0, 0.05) is 64.3 Å². The van der Waals surface area contributed by atoms with E-state index in [1.807, 2.05) is 0 Å². The fourth-order valence-electron chi connectivity index (χ4n) is 4.26. The van der Waals surface area contributed by atoms with E-state index in [4.69, 9.17) is 4.84 Å². The predicted octanol–water partition coefficient (Wildman–Crippen LogP) is 1.71. The van der Waals surface area contributed by atoms with Gasteiger partial charge in [-0.2, -0.15) is 0 Å². The molecule has 8 nitrogen and oxygen atoms in total. The summed E-state index contributed by atoms with van der Waals surface area (Å²) in [6.45, 7) is 7.91. The Morgan fingerprint density at radius 2 is 1.86 bits per heavy atom. The molecule has 2 amide bonds. The SMILES string of the molecule is Cc1cc(N2CCCC2)ccc1CN1CCN(C(=O)ON2C(=O)CCC2O)CC1. The van der Waals surface area contributed by atoms with Crippen LogP contribution in [0.15, 0.2) is 18.2 Å². The van der Waals surface area contributed by atoms with Crippen LogP contribution in [0.1, 0.15) is 36.8 Å². The first kappa shape index (κ1) is 20.0. The van der Waals surface area contributed by atoms with E-state index in [0.29, 0.717) is 19.5 Å². The molecule has 3 aliphatic heterocycles.